The van der Waals surface area contributed by atoms with Crippen LogP contribution in [0.1, 0.15) is 44.0 Å². The molecule has 3 aromatic rings. The summed E-state index contributed by atoms with van der Waals surface area (Å²) in [6.07, 6.45) is 1.83. The summed E-state index contributed by atoms with van der Waals surface area (Å²) in [6.45, 7) is 9.52. The minimum atomic E-state index is 0.118. The average Bonchev–Trinajstić information content (AvgIpc) is 3.13. The van der Waals surface area contributed by atoms with Crippen molar-refractivity contribution in [2.45, 2.75) is 40.3 Å². The molecule has 142 valence electrons. The molecule has 2 heterocycles. The summed E-state index contributed by atoms with van der Waals surface area (Å²) in [5.74, 6) is 2.34. The van der Waals surface area contributed by atoms with Crippen LogP contribution in [0, 0.1) is 12.8 Å². The number of ether oxygens (including phenoxy) is 1. The lowest BCUT2D eigenvalue weighted by Crippen LogP contribution is -2.27. The quantitative estimate of drug-likeness (QED) is 0.640. The molecular formula is C21H26N4O2. The zero-order chi connectivity index (χ0) is 19.2. The highest BCUT2D eigenvalue weighted by atomic mass is 16.5. The van der Waals surface area contributed by atoms with Gasteiger partial charge in [0, 0.05) is 11.8 Å². The summed E-state index contributed by atoms with van der Waals surface area (Å²) in [6, 6.07) is 11.8. The second kappa shape index (κ2) is 8.77. The van der Waals surface area contributed by atoms with Crippen LogP contribution in [-0.4, -0.2) is 21.7 Å². The van der Waals surface area contributed by atoms with Gasteiger partial charge in [0.1, 0.15) is 5.75 Å². The number of nitrogens with zero attached hydrogens (tertiary/aromatic N) is 3. The predicted octanol–water partition coefficient (Wildman–Crippen LogP) is 4.33. The van der Waals surface area contributed by atoms with Gasteiger partial charge in [0.2, 0.25) is 11.7 Å². The van der Waals surface area contributed by atoms with E-state index < -0.39 is 0 Å². The third-order valence-electron chi connectivity index (χ3n) is 4.38. The monoisotopic (exact) mass is 366 g/mol. The molecule has 0 saturated heterocycles. The smallest absolute Gasteiger partial charge is 0.240 e. The van der Waals surface area contributed by atoms with E-state index in [2.05, 4.69) is 47.3 Å². The largest absolute Gasteiger partial charge is 0.494 e. The molecule has 0 bridgehead atoms. The summed E-state index contributed by atoms with van der Waals surface area (Å²) in [4.78, 5) is 9.05. The molecule has 6 nitrogen and oxygen atoms in total. The van der Waals surface area contributed by atoms with Crippen LogP contribution in [0.25, 0.3) is 11.4 Å². The molecule has 2 aromatic heterocycles. The first kappa shape index (κ1) is 19.0. The third-order valence-corrected chi connectivity index (χ3v) is 4.38. The molecule has 1 atom stereocenters. The molecule has 1 N–H and O–H groups in total. The maximum absolute atomic E-state index is 5.46. The van der Waals surface area contributed by atoms with Gasteiger partial charge in [0.05, 0.1) is 24.9 Å². The summed E-state index contributed by atoms with van der Waals surface area (Å²) in [5, 5.41) is 7.60. The van der Waals surface area contributed by atoms with Crippen LogP contribution in [0.3, 0.4) is 0 Å². The van der Waals surface area contributed by atoms with Crippen molar-refractivity contribution in [3.63, 3.8) is 0 Å². The normalized spacial score (nSPS) is 12.3. The van der Waals surface area contributed by atoms with Gasteiger partial charge in [-0.15, -0.1) is 0 Å². The number of hydrogen-bond acceptors (Lipinski definition) is 6. The summed E-state index contributed by atoms with van der Waals surface area (Å²) < 4.78 is 10.9. The van der Waals surface area contributed by atoms with Gasteiger partial charge >= 0.3 is 0 Å². The molecule has 0 aliphatic carbocycles. The van der Waals surface area contributed by atoms with Crippen molar-refractivity contribution in [3.05, 3.63) is 59.7 Å². The van der Waals surface area contributed by atoms with Crippen LogP contribution in [0.15, 0.2) is 47.1 Å². The Morgan fingerprint density at radius 2 is 1.93 bits per heavy atom. The molecule has 0 radical (unpaired) electrons. The summed E-state index contributed by atoms with van der Waals surface area (Å²) in [5.41, 5.74) is 3.12. The predicted molar refractivity (Wildman–Crippen MR) is 104 cm³/mol. The number of aromatic nitrogens is 3. The second-order valence-electron chi connectivity index (χ2n) is 6.78. The molecule has 6 heteroatoms. The van der Waals surface area contributed by atoms with Crippen LogP contribution in [-0.2, 0) is 6.54 Å². The summed E-state index contributed by atoms with van der Waals surface area (Å²) >= 11 is 0. The van der Waals surface area contributed by atoms with Gasteiger partial charge in [-0.25, -0.2) is 0 Å². The van der Waals surface area contributed by atoms with Crippen molar-refractivity contribution in [1.29, 1.82) is 0 Å². The lowest BCUT2D eigenvalue weighted by atomic mass is 9.97. The molecule has 0 fully saturated rings. The van der Waals surface area contributed by atoms with Crippen LogP contribution in [0.4, 0.5) is 0 Å². The van der Waals surface area contributed by atoms with E-state index in [0.717, 1.165) is 17.0 Å². The molecule has 0 spiro atoms. The van der Waals surface area contributed by atoms with Crippen molar-refractivity contribution in [3.8, 4) is 17.1 Å². The maximum Gasteiger partial charge on any atom is 0.240 e. The lowest BCUT2D eigenvalue weighted by molar-refractivity contribution is 0.334. The van der Waals surface area contributed by atoms with Gasteiger partial charge in [-0.2, -0.15) is 4.98 Å². The Morgan fingerprint density at radius 1 is 1.15 bits per heavy atom. The van der Waals surface area contributed by atoms with Gasteiger partial charge in [0.15, 0.2) is 0 Å². The van der Waals surface area contributed by atoms with E-state index in [4.69, 9.17) is 9.26 Å². The van der Waals surface area contributed by atoms with E-state index in [1.54, 1.807) is 0 Å². The van der Waals surface area contributed by atoms with Gasteiger partial charge in [-0.1, -0.05) is 25.1 Å². The molecule has 27 heavy (non-hydrogen) atoms. The first-order chi connectivity index (χ1) is 13.1. The zero-order valence-electron chi connectivity index (χ0n) is 16.3. The molecule has 3 rings (SSSR count). The SMILES string of the molecule is CCOc1ccc(-c2noc(CNC(c3ncccc3C)C(C)C)n2)cc1. The Kier molecular flexibility index (Phi) is 6.19. The Morgan fingerprint density at radius 3 is 2.59 bits per heavy atom. The number of nitrogens with one attached hydrogen (secondary N) is 1. The van der Waals surface area contributed by atoms with Crippen LogP contribution in [0.2, 0.25) is 0 Å². The maximum atomic E-state index is 5.46. The lowest BCUT2D eigenvalue weighted by Gasteiger charge is -2.22. The minimum Gasteiger partial charge on any atom is -0.494 e. The molecular weight excluding hydrogens is 340 g/mol. The van der Waals surface area contributed by atoms with E-state index in [1.807, 2.05) is 43.5 Å². The highest BCUT2D eigenvalue weighted by Gasteiger charge is 2.20. The standard InChI is InChI=1S/C21H26N4O2/c1-5-26-17-10-8-16(9-11-17)21-24-18(27-25-21)13-23-19(14(2)3)20-15(4)7-6-12-22-20/h6-12,14,19,23H,5,13H2,1-4H3. The molecule has 0 amide bonds. The first-order valence-corrected chi connectivity index (χ1v) is 9.29. The van der Waals surface area contributed by atoms with Crippen LogP contribution >= 0.6 is 0 Å². The van der Waals surface area contributed by atoms with Crippen molar-refractivity contribution in [2.75, 3.05) is 6.61 Å². The van der Waals surface area contributed by atoms with Gasteiger partial charge in [0.25, 0.3) is 0 Å². The van der Waals surface area contributed by atoms with Crippen molar-refractivity contribution < 1.29 is 9.26 Å². The number of aryl methyl sites for hydroxylation is 1. The second-order valence-corrected chi connectivity index (χ2v) is 6.78. The molecule has 1 aromatic carbocycles. The number of benzene rings is 1. The van der Waals surface area contributed by atoms with Crippen molar-refractivity contribution >= 4 is 0 Å². The van der Waals surface area contributed by atoms with Crippen LogP contribution in [0.5, 0.6) is 5.75 Å². The van der Waals surface area contributed by atoms with E-state index in [0.29, 0.717) is 30.8 Å². The highest BCUT2D eigenvalue weighted by Crippen LogP contribution is 2.24. The Hall–Kier alpha value is -2.73. The van der Waals surface area contributed by atoms with E-state index in [9.17, 15) is 0 Å². The highest BCUT2D eigenvalue weighted by molar-refractivity contribution is 5.55. The van der Waals surface area contributed by atoms with E-state index >= 15 is 0 Å². The third kappa shape index (κ3) is 4.71. The average molecular weight is 366 g/mol. The molecule has 1 unspecified atom stereocenters. The summed E-state index contributed by atoms with van der Waals surface area (Å²) in [7, 11) is 0. The van der Waals surface area contributed by atoms with Crippen molar-refractivity contribution in [2.24, 2.45) is 5.92 Å². The zero-order valence-corrected chi connectivity index (χ0v) is 16.3. The fourth-order valence-electron chi connectivity index (χ4n) is 2.98. The fraction of sp³-hybridized carbons (Fsp3) is 0.381. The van der Waals surface area contributed by atoms with Crippen molar-refractivity contribution in [1.82, 2.24) is 20.4 Å². The first-order valence-electron chi connectivity index (χ1n) is 9.29. The number of pyridine rings is 1. The number of rotatable bonds is 8. The van der Waals surface area contributed by atoms with Gasteiger partial charge < -0.3 is 9.26 Å². The Balaban J connectivity index is 1.68. The van der Waals surface area contributed by atoms with Gasteiger partial charge in [-0.3, -0.25) is 10.3 Å². The topological polar surface area (TPSA) is 73.1 Å². The molecule has 0 saturated carbocycles. The number of hydrogen-bond donors (Lipinski definition) is 1. The minimum absolute atomic E-state index is 0.118. The molecule has 0 aliphatic rings. The molecule has 0 aliphatic heterocycles. The fourth-order valence-corrected chi connectivity index (χ4v) is 2.98. The van der Waals surface area contributed by atoms with E-state index in [-0.39, 0.29) is 6.04 Å². The van der Waals surface area contributed by atoms with Gasteiger partial charge in [-0.05, 0) is 55.7 Å². The Bertz CT molecular complexity index is 859. The van der Waals surface area contributed by atoms with Crippen LogP contribution < -0.4 is 10.1 Å². The Labute approximate surface area is 160 Å². The van der Waals surface area contributed by atoms with E-state index in [1.165, 1.54) is 5.56 Å².